The van der Waals surface area contributed by atoms with E-state index >= 15 is 0 Å². The maximum Gasteiger partial charge on any atom is 0.252 e. The van der Waals surface area contributed by atoms with Crippen LogP contribution in [-0.2, 0) is 0 Å². The molecule has 178 valence electrons. The van der Waals surface area contributed by atoms with Crippen molar-refractivity contribution in [1.82, 2.24) is 20.2 Å². The number of anilines is 1. The number of rotatable bonds is 7. The number of hydrogen-bond acceptors (Lipinski definition) is 5. The zero-order chi connectivity index (χ0) is 24.0. The van der Waals surface area contributed by atoms with Gasteiger partial charge in [0.1, 0.15) is 5.82 Å². The van der Waals surface area contributed by atoms with Crippen LogP contribution in [0.5, 0.6) is 0 Å². The molecule has 7 heteroatoms. The highest BCUT2D eigenvalue weighted by Crippen LogP contribution is 2.24. The molecule has 1 saturated heterocycles. The van der Waals surface area contributed by atoms with Crippen molar-refractivity contribution in [2.75, 3.05) is 44.2 Å². The maximum atomic E-state index is 14.1. The van der Waals surface area contributed by atoms with Crippen LogP contribution in [0.15, 0.2) is 79.0 Å². The standard InChI is InChI=1S/C28H28FN5O/c29-23-9-2-4-12-27(23)34-18-16-33(17-19-34)15-7-14-31-28(35)22-20-26(25-11-5-6-13-30-25)32-24-10-3-1-8-21(22)24/h1-6,8-13,20H,7,14-19H2,(H,31,35). The largest absolute Gasteiger partial charge is 0.367 e. The van der Waals surface area contributed by atoms with E-state index in [4.69, 9.17) is 4.98 Å². The zero-order valence-corrected chi connectivity index (χ0v) is 19.5. The van der Waals surface area contributed by atoms with Crippen LogP contribution in [-0.4, -0.2) is 60.0 Å². The number of nitrogens with zero attached hydrogens (tertiary/aromatic N) is 4. The summed E-state index contributed by atoms with van der Waals surface area (Å²) in [6.07, 6.45) is 2.57. The lowest BCUT2D eigenvalue weighted by Crippen LogP contribution is -2.47. The SMILES string of the molecule is O=C(NCCCN1CCN(c2ccccc2F)CC1)c1cc(-c2ccccn2)nc2ccccc12. The van der Waals surface area contributed by atoms with E-state index in [2.05, 4.69) is 20.1 Å². The van der Waals surface area contributed by atoms with Crippen molar-refractivity contribution in [2.45, 2.75) is 6.42 Å². The number of fused-ring (bicyclic) bond motifs is 1. The van der Waals surface area contributed by atoms with Gasteiger partial charge in [-0.15, -0.1) is 0 Å². The summed E-state index contributed by atoms with van der Waals surface area (Å²) >= 11 is 0. The number of pyridine rings is 2. The van der Waals surface area contributed by atoms with Gasteiger partial charge >= 0.3 is 0 Å². The third kappa shape index (κ3) is 5.30. The second-order valence-corrected chi connectivity index (χ2v) is 8.68. The van der Waals surface area contributed by atoms with Crippen molar-refractivity contribution in [3.05, 3.63) is 90.4 Å². The predicted octanol–water partition coefficient (Wildman–Crippen LogP) is 4.38. The molecule has 6 nitrogen and oxygen atoms in total. The van der Waals surface area contributed by atoms with Gasteiger partial charge in [-0.05, 0) is 49.4 Å². The Morgan fingerprint density at radius 2 is 1.69 bits per heavy atom. The Balaban J connectivity index is 1.17. The van der Waals surface area contributed by atoms with E-state index in [0.717, 1.165) is 55.7 Å². The number of carbonyl (C=O) groups excluding carboxylic acids is 1. The molecule has 0 aliphatic carbocycles. The number of nitrogens with one attached hydrogen (secondary N) is 1. The van der Waals surface area contributed by atoms with Crippen LogP contribution in [0.4, 0.5) is 10.1 Å². The highest BCUT2D eigenvalue weighted by atomic mass is 19.1. The lowest BCUT2D eigenvalue weighted by Gasteiger charge is -2.36. The van der Waals surface area contributed by atoms with Gasteiger partial charge in [-0.25, -0.2) is 9.37 Å². The molecule has 0 radical (unpaired) electrons. The third-order valence-electron chi connectivity index (χ3n) is 6.39. The number of para-hydroxylation sites is 2. The van der Waals surface area contributed by atoms with E-state index in [9.17, 15) is 9.18 Å². The molecular weight excluding hydrogens is 441 g/mol. The summed E-state index contributed by atoms with van der Waals surface area (Å²) < 4.78 is 14.1. The summed E-state index contributed by atoms with van der Waals surface area (Å²) in [5.41, 5.74) is 3.47. The monoisotopic (exact) mass is 469 g/mol. The Morgan fingerprint density at radius 3 is 2.49 bits per heavy atom. The lowest BCUT2D eigenvalue weighted by atomic mass is 10.1. The van der Waals surface area contributed by atoms with Crippen molar-refractivity contribution in [1.29, 1.82) is 0 Å². The molecule has 1 fully saturated rings. The molecule has 0 bridgehead atoms. The second kappa shape index (κ2) is 10.6. The normalized spacial score (nSPS) is 14.3. The molecule has 0 spiro atoms. The summed E-state index contributed by atoms with van der Waals surface area (Å²) in [4.78, 5) is 26.7. The van der Waals surface area contributed by atoms with Crippen LogP contribution in [0.3, 0.4) is 0 Å². The van der Waals surface area contributed by atoms with E-state index in [1.165, 1.54) is 6.07 Å². The minimum absolute atomic E-state index is 0.106. The topological polar surface area (TPSA) is 61.4 Å². The fourth-order valence-corrected chi connectivity index (χ4v) is 4.53. The van der Waals surface area contributed by atoms with Gasteiger partial charge in [0.2, 0.25) is 0 Å². The van der Waals surface area contributed by atoms with Gasteiger partial charge in [0.15, 0.2) is 0 Å². The van der Waals surface area contributed by atoms with Crippen LogP contribution in [0.2, 0.25) is 0 Å². The fourth-order valence-electron chi connectivity index (χ4n) is 4.53. The van der Waals surface area contributed by atoms with Gasteiger partial charge in [-0.1, -0.05) is 36.4 Å². The zero-order valence-electron chi connectivity index (χ0n) is 19.5. The van der Waals surface area contributed by atoms with Crippen molar-refractivity contribution in [2.24, 2.45) is 0 Å². The van der Waals surface area contributed by atoms with Gasteiger partial charge in [-0.3, -0.25) is 14.7 Å². The molecular formula is C28H28FN5O. The van der Waals surface area contributed by atoms with Gasteiger partial charge < -0.3 is 10.2 Å². The average molecular weight is 470 g/mol. The van der Waals surface area contributed by atoms with Crippen LogP contribution in [0, 0.1) is 5.82 Å². The minimum atomic E-state index is -0.168. The molecule has 0 atom stereocenters. The Morgan fingerprint density at radius 1 is 0.914 bits per heavy atom. The van der Waals surface area contributed by atoms with Gasteiger partial charge in [0.25, 0.3) is 5.91 Å². The number of piperazine rings is 1. The van der Waals surface area contributed by atoms with Crippen LogP contribution in [0.25, 0.3) is 22.3 Å². The highest BCUT2D eigenvalue weighted by Gasteiger charge is 2.19. The number of aromatic nitrogens is 2. The molecule has 5 rings (SSSR count). The Labute approximate surface area is 204 Å². The second-order valence-electron chi connectivity index (χ2n) is 8.68. The average Bonchev–Trinajstić information content (AvgIpc) is 2.91. The smallest absolute Gasteiger partial charge is 0.252 e. The summed E-state index contributed by atoms with van der Waals surface area (Å²) in [7, 11) is 0. The molecule has 35 heavy (non-hydrogen) atoms. The first-order chi connectivity index (χ1) is 17.2. The first-order valence-corrected chi connectivity index (χ1v) is 12.0. The van der Waals surface area contributed by atoms with Crippen molar-refractivity contribution < 1.29 is 9.18 Å². The predicted molar refractivity (Wildman–Crippen MR) is 137 cm³/mol. The highest BCUT2D eigenvalue weighted by molar-refractivity contribution is 6.07. The maximum absolute atomic E-state index is 14.1. The number of halogens is 1. The lowest BCUT2D eigenvalue weighted by molar-refractivity contribution is 0.0953. The summed E-state index contributed by atoms with van der Waals surface area (Å²) in [5.74, 6) is -0.274. The van der Waals surface area contributed by atoms with Crippen LogP contribution in [0.1, 0.15) is 16.8 Å². The molecule has 0 saturated carbocycles. The minimum Gasteiger partial charge on any atom is -0.367 e. The molecule has 3 heterocycles. The molecule has 1 N–H and O–H groups in total. The van der Waals surface area contributed by atoms with Crippen molar-refractivity contribution in [3.8, 4) is 11.4 Å². The van der Waals surface area contributed by atoms with Crippen molar-refractivity contribution in [3.63, 3.8) is 0 Å². The third-order valence-corrected chi connectivity index (χ3v) is 6.39. The molecule has 1 amide bonds. The summed E-state index contributed by atoms with van der Waals surface area (Å²) in [6, 6.07) is 22.1. The van der Waals surface area contributed by atoms with E-state index in [1.807, 2.05) is 60.7 Å². The molecule has 1 aliphatic rings. The van der Waals surface area contributed by atoms with Crippen LogP contribution < -0.4 is 10.2 Å². The van der Waals surface area contributed by atoms with Crippen molar-refractivity contribution >= 4 is 22.5 Å². The first kappa shape index (κ1) is 22.9. The van der Waals surface area contributed by atoms with E-state index < -0.39 is 0 Å². The quantitative estimate of drug-likeness (QED) is 0.407. The molecule has 4 aromatic rings. The van der Waals surface area contributed by atoms with E-state index in [0.29, 0.717) is 23.5 Å². The number of carbonyl (C=O) groups is 1. The molecule has 2 aromatic heterocycles. The molecule has 0 unspecified atom stereocenters. The van der Waals surface area contributed by atoms with E-state index in [1.54, 1.807) is 12.3 Å². The fraction of sp³-hybridized carbons (Fsp3) is 0.250. The van der Waals surface area contributed by atoms with Gasteiger partial charge in [-0.2, -0.15) is 0 Å². The Bertz CT molecular complexity index is 1310. The Hall–Kier alpha value is -3.84. The number of benzene rings is 2. The number of hydrogen-bond donors (Lipinski definition) is 1. The summed E-state index contributed by atoms with van der Waals surface area (Å²) in [6.45, 7) is 4.83. The Kier molecular flexibility index (Phi) is 6.95. The van der Waals surface area contributed by atoms with Gasteiger partial charge in [0, 0.05) is 44.3 Å². The molecule has 1 aliphatic heterocycles. The van der Waals surface area contributed by atoms with Crippen LogP contribution >= 0.6 is 0 Å². The first-order valence-electron chi connectivity index (χ1n) is 12.0. The number of amides is 1. The molecule has 2 aromatic carbocycles. The van der Waals surface area contributed by atoms with E-state index in [-0.39, 0.29) is 11.7 Å². The van der Waals surface area contributed by atoms with Gasteiger partial charge in [0.05, 0.1) is 28.2 Å². The summed E-state index contributed by atoms with van der Waals surface area (Å²) in [5, 5.41) is 3.91.